The summed E-state index contributed by atoms with van der Waals surface area (Å²) in [5.41, 5.74) is 20.0. The van der Waals surface area contributed by atoms with Crippen LogP contribution in [0.3, 0.4) is 0 Å². The topological polar surface area (TPSA) is 3.24 Å². The third kappa shape index (κ3) is 6.35. The van der Waals surface area contributed by atoms with Crippen LogP contribution in [-0.2, 0) is 5.41 Å². The minimum absolute atomic E-state index is 0.512. The second kappa shape index (κ2) is 15.9. The largest absolute Gasteiger partial charge is 0.310 e. The zero-order valence-electron chi connectivity index (χ0n) is 34.3. The number of rotatable bonds is 9. The third-order valence-electron chi connectivity index (χ3n) is 12.6. The molecule has 1 heteroatoms. The van der Waals surface area contributed by atoms with E-state index < -0.39 is 5.41 Å². The molecule has 292 valence electrons. The summed E-state index contributed by atoms with van der Waals surface area (Å²) >= 11 is 0. The van der Waals surface area contributed by atoms with Gasteiger partial charge >= 0.3 is 0 Å². The van der Waals surface area contributed by atoms with Crippen molar-refractivity contribution in [2.75, 3.05) is 4.90 Å². The van der Waals surface area contributed by atoms with Crippen molar-refractivity contribution in [3.05, 3.63) is 283 Å². The quantitative estimate of drug-likeness (QED) is 0.141. The smallest absolute Gasteiger partial charge is 0.0714 e. The summed E-state index contributed by atoms with van der Waals surface area (Å²) in [5.74, 6) is 0. The maximum atomic E-state index is 2.46. The first-order valence-electron chi connectivity index (χ1n) is 21.4. The lowest BCUT2D eigenvalue weighted by atomic mass is 9.67. The van der Waals surface area contributed by atoms with E-state index in [1.165, 1.54) is 77.9 Å². The standard InChI is InChI=1S/C61H43N/c1-5-19-44(20-6-1)45-33-35-47(36-34-45)53-27-13-14-28-54(53)48-37-39-51(40-38-48)62(60-32-18-16-29-55(60)46-21-7-2-8-22-46)52-41-42-57-56-30-15-17-31-58(56)61(59(57)43-52,49-23-9-3-10-24-49)50-25-11-4-12-26-50/h1-43H. The van der Waals surface area contributed by atoms with E-state index in [1.54, 1.807) is 0 Å². The molecule has 0 aliphatic heterocycles. The molecule has 1 nitrogen and oxygen atoms in total. The van der Waals surface area contributed by atoms with Gasteiger partial charge in [0.05, 0.1) is 11.1 Å². The minimum Gasteiger partial charge on any atom is -0.310 e. The molecule has 0 bridgehead atoms. The van der Waals surface area contributed by atoms with Crippen LogP contribution in [0.2, 0.25) is 0 Å². The van der Waals surface area contributed by atoms with Crippen molar-refractivity contribution in [3.8, 4) is 55.6 Å². The summed E-state index contributed by atoms with van der Waals surface area (Å²) in [6.07, 6.45) is 0. The Balaban J connectivity index is 1.08. The van der Waals surface area contributed by atoms with Crippen molar-refractivity contribution in [2.24, 2.45) is 0 Å². The van der Waals surface area contributed by atoms with E-state index in [0.29, 0.717) is 0 Å². The molecule has 0 amide bonds. The van der Waals surface area contributed by atoms with Gasteiger partial charge in [-0.2, -0.15) is 0 Å². The van der Waals surface area contributed by atoms with Gasteiger partial charge in [-0.3, -0.25) is 0 Å². The van der Waals surface area contributed by atoms with Crippen molar-refractivity contribution in [1.82, 2.24) is 0 Å². The molecule has 0 aromatic heterocycles. The minimum atomic E-state index is -0.512. The highest BCUT2D eigenvalue weighted by molar-refractivity contribution is 5.93. The molecule has 0 unspecified atom stereocenters. The molecule has 0 saturated carbocycles. The van der Waals surface area contributed by atoms with Gasteiger partial charge in [0, 0.05) is 16.9 Å². The molecule has 0 spiro atoms. The van der Waals surface area contributed by atoms with Gasteiger partial charge in [0.2, 0.25) is 0 Å². The van der Waals surface area contributed by atoms with Crippen LogP contribution >= 0.6 is 0 Å². The second-order valence-corrected chi connectivity index (χ2v) is 16.0. The number of para-hydroxylation sites is 1. The molecule has 1 aliphatic carbocycles. The molecule has 0 heterocycles. The molecule has 0 N–H and O–H groups in total. The van der Waals surface area contributed by atoms with E-state index in [2.05, 4.69) is 266 Å². The maximum absolute atomic E-state index is 2.46. The number of fused-ring (bicyclic) bond motifs is 3. The van der Waals surface area contributed by atoms with Crippen LogP contribution in [0, 0.1) is 0 Å². The predicted octanol–water partition coefficient (Wildman–Crippen LogP) is 16.2. The molecule has 0 radical (unpaired) electrons. The van der Waals surface area contributed by atoms with Gasteiger partial charge in [-0.25, -0.2) is 0 Å². The lowest BCUT2D eigenvalue weighted by molar-refractivity contribution is 0.768. The number of nitrogens with zero attached hydrogens (tertiary/aromatic N) is 1. The van der Waals surface area contributed by atoms with E-state index >= 15 is 0 Å². The summed E-state index contributed by atoms with van der Waals surface area (Å²) in [7, 11) is 0. The lowest BCUT2D eigenvalue weighted by Gasteiger charge is -2.35. The molecule has 0 atom stereocenters. The Morgan fingerprint density at radius 2 is 0.629 bits per heavy atom. The highest BCUT2D eigenvalue weighted by Gasteiger charge is 2.46. The Hall–Kier alpha value is -8.00. The SMILES string of the molecule is c1ccc(-c2ccc(-c3ccccc3-c3ccc(N(c4ccc5c(c4)C(c4ccccc4)(c4ccccc4)c4ccccc4-5)c4ccccc4-c4ccccc4)cc3)cc2)cc1. The van der Waals surface area contributed by atoms with E-state index in [9.17, 15) is 0 Å². The van der Waals surface area contributed by atoms with Crippen molar-refractivity contribution in [1.29, 1.82) is 0 Å². The Kier molecular flexibility index (Phi) is 9.48. The summed E-state index contributed by atoms with van der Waals surface area (Å²) in [6.45, 7) is 0. The van der Waals surface area contributed by atoms with E-state index in [4.69, 9.17) is 0 Å². The van der Waals surface area contributed by atoms with Crippen molar-refractivity contribution >= 4 is 17.1 Å². The monoisotopic (exact) mass is 789 g/mol. The molecule has 0 saturated heterocycles. The fourth-order valence-corrected chi connectivity index (χ4v) is 9.78. The van der Waals surface area contributed by atoms with E-state index in [-0.39, 0.29) is 0 Å². The average molecular weight is 790 g/mol. The normalized spacial score (nSPS) is 12.3. The van der Waals surface area contributed by atoms with Crippen LogP contribution in [0.5, 0.6) is 0 Å². The summed E-state index contributed by atoms with van der Waals surface area (Å²) < 4.78 is 0. The van der Waals surface area contributed by atoms with Gasteiger partial charge in [0.25, 0.3) is 0 Å². The average Bonchev–Trinajstić information content (AvgIpc) is 3.66. The van der Waals surface area contributed by atoms with Gasteiger partial charge in [-0.15, -0.1) is 0 Å². The molecule has 10 aromatic carbocycles. The first-order valence-corrected chi connectivity index (χ1v) is 21.4. The van der Waals surface area contributed by atoms with Gasteiger partial charge in [-0.05, 0) is 103 Å². The van der Waals surface area contributed by atoms with E-state index in [0.717, 1.165) is 17.1 Å². The summed E-state index contributed by atoms with van der Waals surface area (Å²) in [6, 6.07) is 95.2. The number of hydrogen-bond acceptors (Lipinski definition) is 1. The van der Waals surface area contributed by atoms with Gasteiger partial charge in [0.1, 0.15) is 0 Å². The molecule has 11 rings (SSSR count). The van der Waals surface area contributed by atoms with Crippen LogP contribution < -0.4 is 4.90 Å². The van der Waals surface area contributed by atoms with Crippen LogP contribution in [0.1, 0.15) is 22.3 Å². The highest BCUT2D eigenvalue weighted by Crippen LogP contribution is 2.57. The first-order chi connectivity index (χ1) is 30.8. The fourth-order valence-electron chi connectivity index (χ4n) is 9.78. The van der Waals surface area contributed by atoms with Crippen LogP contribution in [0.15, 0.2) is 261 Å². The third-order valence-corrected chi connectivity index (χ3v) is 12.6. The van der Waals surface area contributed by atoms with Gasteiger partial charge in [-0.1, -0.05) is 231 Å². The number of anilines is 3. The summed E-state index contributed by atoms with van der Waals surface area (Å²) in [5, 5.41) is 0. The first kappa shape index (κ1) is 37.0. The zero-order chi connectivity index (χ0) is 41.3. The Morgan fingerprint density at radius 1 is 0.242 bits per heavy atom. The predicted molar refractivity (Wildman–Crippen MR) is 260 cm³/mol. The van der Waals surface area contributed by atoms with Crippen LogP contribution in [-0.4, -0.2) is 0 Å². The Bertz CT molecular complexity index is 3100. The molecule has 1 aliphatic rings. The number of benzene rings is 10. The zero-order valence-corrected chi connectivity index (χ0v) is 34.3. The number of hydrogen-bond donors (Lipinski definition) is 0. The van der Waals surface area contributed by atoms with Crippen LogP contribution in [0.25, 0.3) is 55.6 Å². The lowest BCUT2D eigenvalue weighted by Crippen LogP contribution is -2.28. The summed E-state index contributed by atoms with van der Waals surface area (Å²) in [4.78, 5) is 2.45. The van der Waals surface area contributed by atoms with Crippen LogP contribution in [0.4, 0.5) is 17.1 Å². The van der Waals surface area contributed by atoms with Crippen molar-refractivity contribution in [3.63, 3.8) is 0 Å². The van der Waals surface area contributed by atoms with Crippen molar-refractivity contribution in [2.45, 2.75) is 5.41 Å². The fraction of sp³-hybridized carbons (Fsp3) is 0.0164. The Labute approximate surface area is 364 Å². The molecule has 62 heavy (non-hydrogen) atoms. The highest BCUT2D eigenvalue weighted by atomic mass is 15.1. The van der Waals surface area contributed by atoms with Gasteiger partial charge < -0.3 is 4.90 Å². The maximum Gasteiger partial charge on any atom is 0.0714 e. The Morgan fingerprint density at radius 3 is 1.23 bits per heavy atom. The van der Waals surface area contributed by atoms with Gasteiger partial charge in [0.15, 0.2) is 0 Å². The molecule has 0 fully saturated rings. The van der Waals surface area contributed by atoms with Crippen molar-refractivity contribution < 1.29 is 0 Å². The molecular formula is C61H43N. The second-order valence-electron chi connectivity index (χ2n) is 16.0. The molecular weight excluding hydrogens is 747 g/mol. The van der Waals surface area contributed by atoms with E-state index in [1.807, 2.05) is 0 Å². The molecule has 10 aromatic rings.